The maximum Gasteiger partial charge on any atom is 0.175 e. The van der Waals surface area contributed by atoms with Crippen LogP contribution in [0.15, 0.2) is 24.3 Å². The van der Waals surface area contributed by atoms with Crippen molar-refractivity contribution in [3.05, 3.63) is 29.3 Å². The Morgan fingerprint density at radius 1 is 1.41 bits per heavy atom. The molecule has 1 aromatic rings. The van der Waals surface area contributed by atoms with Crippen LogP contribution in [0.2, 0.25) is 5.02 Å². The van der Waals surface area contributed by atoms with Crippen molar-refractivity contribution in [3.63, 3.8) is 0 Å². The lowest BCUT2D eigenvalue weighted by atomic mass is 10.3. The van der Waals surface area contributed by atoms with E-state index in [4.69, 9.17) is 23.8 Å². The van der Waals surface area contributed by atoms with Gasteiger partial charge in [-0.05, 0) is 30.8 Å². The molecule has 5 heteroatoms. The van der Waals surface area contributed by atoms with Crippen LogP contribution in [-0.2, 0) is 0 Å². The third-order valence-electron chi connectivity index (χ3n) is 2.72. The topological polar surface area (TPSA) is 18.5 Å². The average molecular weight is 270 g/mol. The van der Waals surface area contributed by atoms with E-state index in [0.29, 0.717) is 0 Å². The van der Waals surface area contributed by atoms with Crippen LogP contribution in [-0.4, -0.2) is 29.9 Å². The molecule has 0 bridgehead atoms. The first-order valence-electron chi connectivity index (χ1n) is 5.74. The molecule has 1 N–H and O–H groups in total. The summed E-state index contributed by atoms with van der Waals surface area (Å²) in [6.45, 7) is 4.83. The lowest BCUT2D eigenvalue weighted by Crippen LogP contribution is -2.56. The molecule has 3 nitrogen and oxygen atoms in total. The molecule has 1 aliphatic rings. The molecule has 0 atom stereocenters. The van der Waals surface area contributed by atoms with Crippen molar-refractivity contribution in [1.82, 2.24) is 10.2 Å². The minimum Gasteiger partial charge on any atom is -0.349 e. The fourth-order valence-electron chi connectivity index (χ4n) is 1.91. The second-order valence-electron chi connectivity index (χ2n) is 4.06. The fourth-order valence-corrected chi connectivity index (χ4v) is 2.37. The second-order valence-corrected chi connectivity index (χ2v) is 4.85. The molecule has 1 saturated heterocycles. The van der Waals surface area contributed by atoms with Crippen molar-refractivity contribution in [3.8, 4) is 0 Å². The Hall–Kier alpha value is -0.840. The molecule has 1 fully saturated rings. The number of hydrogen-bond acceptors (Lipinski definition) is 2. The van der Waals surface area contributed by atoms with Gasteiger partial charge in [-0.2, -0.15) is 0 Å². The monoisotopic (exact) mass is 269 g/mol. The number of halogens is 1. The third kappa shape index (κ3) is 2.89. The van der Waals surface area contributed by atoms with Crippen molar-refractivity contribution in [2.75, 3.05) is 24.8 Å². The molecule has 1 aromatic carbocycles. The normalized spacial score (nSPS) is 17.1. The van der Waals surface area contributed by atoms with Gasteiger partial charge in [-0.1, -0.05) is 30.7 Å². The number of nitrogens with zero attached hydrogens (tertiary/aromatic N) is 2. The molecule has 0 aliphatic carbocycles. The molecule has 0 aromatic heterocycles. The van der Waals surface area contributed by atoms with Crippen LogP contribution in [0, 0.1) is 0 Å². The van der Waals surface area contributed by atoms with E-state index in [9.17, 15) is 0 Å². The van der Waals surface area contributed by atoms with Crippen molar-refractivity contribution < 1.29 is 0 Å². The molecule has 1 heterocycles. The largest absolute Gasteiger partial charge is 0.349 e. The Kier molecular flexibility index (Phi) is 4.20. The predicted octanol–water partition coefficient (Wildman–Crippen LogP) is 2.66. The lowest BCUT2D eigenvalue weighted by molar-refractivity contribution is 0.261. The van der Waals surface area contributed by atoms with E-state index in [1.807, 2.05) is 29.2 Å². The Morgan fingerprint density at radius 2 is 2.18 bits per heavy atom. The molecule has 0 unspecified atom stereocenters. The van der Waals surface area contributed by atoms with E-state index in [-0.39, 0.29) is 0 Å². The van der Waals surface area contributed by atoms with Crippen molar-refractivity contribution in [2.24, 2.45) is 0 Å². The number of nitrogens with one attached hydrogen (secondary N) is 1. The van der Waals surface area contributed by atoms with Crippen LogP contribution < -0.4 is 10.2 Å². The van der Waals surface area contributed by atoms with Crippen LogP contribution >= 0.6 is 23.8 Å². The average Bonchev–Trinajstić information content (AvgIpc) is 2.33. The standard InChI is InChI=1S/C12H16ClN3S/c1-2-7-15-8-14-12(17)16(9-15)11-6-4-3-5-10(11)13/h3-6H,2,7-9H2,1H3,(H,14,17). The Labute approximate surface area is 112 Å². The lowest BCUT2D eigenvalue weighted by Gasteiger charge is -2.38. The van der Waals surface area contributed by atoms with E-state index in [2.05, 4.69) is 17.1 Å². The van der Waals surface area contributed by atoms with E-state index in [0.717, 1.165) is 42.1 Å². The van der Waals surface area contributed by atoms with E-state index in [1.165, 1.54) is 0 Å². The Balaban J connectivity index is 2.18. The van der Waals surface area contributed by atoms with Gasteiger partial charge in [-0.3, -0.25) is 4.90 Å². The summed E-state index contributed by atoms with van der Waals surface area (Å²) in [6, 6.07) is 7.78. The summed E-state index contributed by atoms with van der Waals surface area (Å²) < 4.78 is 0. The first-order valence-corrected chi connectivity index (χ1v) is 6.53. The van der Waals surface area contributed by atoms with Crippen LogP contribution in [0.1, 0.15) is 13.3 Å². The van der Waals surface area contributed by atoms with Crippen LogP contribution in [0.5, 0.6) is 0 Å². The SMILES string of the molecule is CCCN1CNC(=S)N(c2ccccc2Cl)C1. The number of thiocarbonyl (C=S) groups is 1. The summed E-state index contributed by atoms with van der Waals surface area (Å²) in [6.07, 6.45) is 1.13. The van der Waals surface area contributed by atoms with Crippen LogP contribution in [0.25, 0.3) is 0 Å². The molecule has 0 radical (unpaired) electrons. The summed E-state index contributed by atoms with van der Waals surface area (Å²) in [5.41, 5.74) is 0.965. The van der Waals surface area contributed by atoms with Gasteiger partial charge in [-0.25, -0.2) is 0 Å². The summed E-state index contributed by atoms with van der Waals surface area (Å²) in [5, 5.41) is 4.69. The van der Waals surface area contributed by atoms with Gasteiger partial charge < -0.3 is 10.2 Å². The minimum absolute atomic E-state index is 0.731. The highest BCUT2D eigenvalue weighted by Crippen LogP contribution is 2.26. The van der Waals surface area contributed by atoms with E-state index in [1.54, 1.807) is 0 Å². The highest BCUT2D eigenvalue weighted by atomic mass is 35.5. The zero-order chi connectivity index (χ0) is 12.3. The van der Waals surface area contributed by atoms with Gasteiger partial charge >= 0.3 is 0 Å². The number of para-hydroxylation sites is 1. The molecule has 0 spiro atoms. The van der Waals surface area contributed by atoms with Crippen molar-refractivity contribution in [2.45, 2.75) is 13.3 Å². The number of rotatable bonds is 3. The first kappa shape index (κ1) is 12.6. The zero-order valence-electron chi connectivity index (χ0n) is 9.82. The van der Waals surface area contributed by atoms with E-state index < -0.39 is 0 Å². The maximum atomic E-state index is 6.20. The summed E-state index contributed by atoms with van der Waals surface area (Å²) >= 11 is 11.5. The quantitative estimate of drug-likeness (QED) is 0.850. The Morgan fingerprint density at radius 3 is 2.88 bits per heavy atom. The van der Waals surface area contributed by atoms with Gasteiger partial charge in [0.1, 0.15) is 0 Å². The summed E-state index contributed by atoms with van der Waals surface area (Å²) in [7, 11) is 0. The summed E-state index contributed by atoms with van der Waals surface area (Å²) in [4.78, 5) is 4.34. The third-order valence-corrected chi connectivity index (χ3v) is 3.41. The van der Waals surface area contributed by atoms with Crippen molar-refractivity contribution >= 4 is 34.6 Å². The Bertz CT molecular complexity index is 410. The minimum atomic E-state index is 0.731. The second kappa shape index (κ2) is 5.67. The van der Waals surface area contributed by atoms with Gasteiger partial charge in [0.25, 0.3) is 0 Å². The molecule has 17 heavy (non-hydrogen) atoms. The molecular formula is C12H16ClN3S. The molecule has 0 saturated carbocycles. The van der Waals surface area contributed by atoms with Crippen molar-refractivity contribution in [1.29, 1.82) is 0 Å². The van der Waals surface area contributed by atoms with Gasteiger partial charge in [0.15, 0.2) is 5.11 Å². The molecule has 0 amide bonds. The molecular weight excluding hydrogens is 254 g/mol. The highest BCUT2D eigenvalue weighted by molar-refractivity contribution is 7.80. The molecule has 2 rings (SSSR count). The van der Waals surface area contributed by atoms with Crippen LogP contribution in [0.3, 0.4) is 0 Å². The fraction of sp³-hybridized carbons (Fsp3) is 0.417. The summed E-state index contributed by atoms with van der Waals surface area (Å²) in [5.74, 6) is 0. The molecule has 1 aliphatic heterocycles. The zero-order valence-corrected chi connectivity index (χ0v) is 11.4. The smallest absolute Gasteiger partial charge is 0.175 e. The van der Waals surface area contributed by atoms with Crippen LogP contribution in [0.4, 0.5) is 5.69 Å². The van der Waals surface area contributed by atoms with Gasteiger partial charge in [0.05, 0.1) is 24.0 Å². The maximum absolute atomic E-state index is 6.20. The molecule has 92 valence electrons. The predicted molar refractivity (Wildman–Crippen MR) is 76.4 cm³/mol. The number of hydrogen-bond donors (Lipinski definition) is 1. The number of anilines is 1. The first-order chi connectivity index (χ1) is 8.22. The van der Waals surface area contributed by atoms with Gasteiger partial charge in [0, 0.05) is 6.54 Å². The van der Waals surface area contributed by atoms with Gasteiger partial charge in [-0.15, -0.1) is 0 Å². The van der Waals surface area contributed by atoms with E-state index >= 15 is 0 Å². The highest BCUT2D eigenvalue weighted by Gasteiger charge is 2.22. The van der Waals surface area contributed by atoms with Gasteiger partial charge in [0.2, 0.25) is 0 Å². The number of benzene rings is 1.